The standard InChI is InChI=1S/C11H15ClOS/c1-2-9-8(5-6-13-9)11(12)10-4-3-7-14-10/h3-4,7-9,11H,2,5-6H2,1H3. The summed E-state index contributed by atoms with van der Waals surface area (Å²) in [6.07, 6.45) is 2.53. The molecule has 3 heteroatoms. The Bertz CT molecular complexity index is 273. The zero-order chi connectivity index (χ0) is 9.97. The maximum absolute atomic E-state index is 6.46. The van der Waals surface area contributed by atoms with Gasteiger partial charge in [-0.1, -0.05) is 13.0 Å². The van der Waals surface area contributed by atoms with E-state index in [-0.39, 0.29) is 5.38 Å². The Balaban J connectivity index is 2.07. The molecular weight excluding hydrogens is 216 g/mol. The molecule has 1 aromatic rings. The molecule has 1 aromatic heterocycles. The van der Waals surface area contributed by atoms with Crippen LogP contribution in [0.2, 0.25) is 0 Å². The summed E-state index contributed by atoms with van der Waals surface area (Å²) in [6, 6.07) is 4.18. The maximum atomic E-state index is 6.46. The molecule has 3 atom stereocenters. The Morgan fingerprint density at radius 1 is 1.71 bits per heavy atom. The summed E-state index contributed by atoms with van der Waals surface area (Å²) >= 11 is 8.20. The van der Waals surface area contributed by atoms with Crippen molar-refractivity contribution < 1.29 is 4.74 Å². The van der Waals surface area contributed by atoms with E-state index in [4.69, 9.17) is 16.3 Å². The van der Waals surface area contributed by atoms with Gasteiger partial charge in [-0.3, -0.25) is 0 Å². The van der Waals surface area contributed by atoms with Gasteiger partial charge in [-0.15, -0.1) is 22.9 Å². The van der Waals surface area contributed by atoms with E-state index in [9.17, 15) is 0 Å². The summed E-state index contributed by atoms with van der Waals surface area (Å²) in [6.45, 7) is 3.04. The van der Waals surface area contributed by atoms with Gasteiger partial charge >= 0.3 is 0 Å². The van der Waals surface area contributed by atoms with Crippen LogP contribution in [-0.2, 0) is 4.74 Å². The van der Waals surface area contributed by atoms with Gasteiger partial charge in [0.1, 0.15) is 0 Å². The predicted molar refractivity (Wildman–Crippen MR) is 61.1 cm³/mol. The van der Waals surface area contributed by atoms with E-state index in [1.54, 1.807) is 11.3 Å². The van der Waals surface area contributed by atoms with Crippen LogP contribution in [0.15, 0.2) is 17.5 Å². The molecule has 0 bridgehead atoms. The van der Waals surface area contributed by atoms with Gasteiger partial charge in [0.05, 0.1) is 11.5 Å². The van der Waals surface area contributed by atoms with Gasteiger partial charge in [0, 0.05) is 17.4 Å². The van der Waals surface area contributed by atoms with Crippen LogP contribution in [0.3, 0.4) is 0 Å². The Morgan fingerprint density at radius 3 is 3.21 bits per heavy atom. The fourth-order valence-corrected chi connectivity index (χ4v) is 3.37. The third-order valence-corrected chi connectivity index (χ3v) is 4.50. The van der Waals surface area contributed by atoms with Crippen LogP contribution in [0.25, 0.3) is 0 Å². The summed E-state index contributed by atoms with van der Waals surface area (Å²) in [7, 11) is 0. The maximum Gasteiger partial charge on any atom is 0.0732 e. The summed E-state index contributed by atoms with van der Waals surface area (Å²) in [5, 5.41) is 2.23. The van der Waals surface area contributed by atoms with E-state index in [2.05, 4.69) is 24.4 Å². The first kappa shape index (κ1) is 10.5. The Kier molecular flexibility index (Phi) is 3.47. The molecule has 0 N–H and O–H groups in total. The minimum atomic E-state index is 0.141. The molecule has 1 nitrogen and oxygen atoms in total. The molecule has 0 saturated carbocycles. The van der Waals surface area contributed by atoms with Crippen molar-refractivity contribution in [1.29, 1.82) is 0 Å². The molecule has 0 aliphatic carbocycles. The molecule has 78 valence electrons. The average Bonchev–Trinajstić information content (AvgIpc) is 2.87. The predicted octanol–water partition coefficient (Wildman–Crippen LogP) is 3.84. The first-order valence-corrected chi connectivity index (χ1v) is 6.43. The van der Waals surface area contributed by atoms with Gasteiger partial charge in [-0.2, -0.15) is 0 Å². The highest BCUT2D eigenvalue weighted by Crippen LogP contribution is 2.40. The minimum Gasteiger partial charge on any atom is -0.378 e. The number of thiophene rings is 1. The molecule has 1 fully saturated rings. The van der Waals surface area contributed by atoms with E-state index in [1.165, 1.54) is 4.88 Å². The SMILES string of the molecule is CCC1OCCC1C(Cl)c1cccs1. The minimum absolute atomic E-state index is 0.141. The van der Waals surface area contributed by atoms with Gasteiger partial charge in [0.2, 0.25) is 0 Å². The second-order valence-electron chi connectivity index (χ2n) is 3.69. The summed E-state index contributed by atoms with van der Waals surface area (Å²) in [5.74, 6) is 0.500. The molecule has 1 aliphatic rings. The van der Waals surface area contributed by atoms with E-state index >= 15 is 0 Å². The number of rotatable bonds is 3. The van der Waals surface area contributed by atoms with Crippen LogP contribution < -0.4 is 0 Å². The van der Waals surface area contributed by atoms with Crippen molar-refractivity contribution in [3.05, 3.63) is 22.4 Å². The topological polar surface area (TPSA) is 9.23 Å². The molecule has 3 unspecified atom stereocenters. The van der Waals surface area contributed by atoms with Crippen LogP contribution in [0.1, 0.15) is 30.0 Å². The van der Waals surface area contributed by atoms with E-state index in [1.807, 2.05) is 0 Å². The average molecular weight is 231 g/mol. The number of ether oxygens (including phenoxy) is 1. The van der Waals surface area contributed by atoms with Crippen molar-refractivity contribution in [3.63, 3.8) is 0 Å². The lowest BCUT2D eigenvalue weighted by molar-refractivity contribution is 0.0866. The normalized spacial score (nSPS) is 29.3. The number of hydrogen-bond donors (Lipinski definition) is 0. The third kappa shape index (κ3) is 1.97. The fraction of sp³-hybridized carbons (Fsp3) is 0.636. The molecule has 2 heterocycles. The second kappa shape index (κ2) is 4.65. The molecule has 2 rings (SSSR count). The Labute approximate surface area is 94.0 Å². The lowest BCUT2D eigenvalue weighted by Crippen LogP contribution is -2.18. The lowest BCUT2D eigenvalue weighted by Gasteiger charge is -2.20. The van der Waals surface area contributed by atoms with E-state index in [0.29, 0.717) is 12.0 Å². The van der Waals surface area contributed by atoms with Crippen molar-refractivity contribution in [2.24, 2.45) is 5.92 Å². The lowest BCUT2D eigenvalue weighted by atomic mass is 9.95. The van der Waals surface area contributed by atoms with Crippen LogP contribution >= 0.6 is 22.9 Å². The summed E-state index contributed by atoms with van der Waals surface area (Å²) < 4.78 is 5.65. The fourth-order valence-electron chi connectivity index (χ4n) is 2.08. The van der Waals surface area contributed by atoms with Crippen molar-refractivity contribution in [3.8, 4) is 0 Å². The Morgan fingerprint density at radius 2 is 2.57 bits per heavy atom. The molecule has 1 saturated heterocycles. The summed E-state index contributed by atoms with van der Waals surface area (Å²) in [4.78, 5) is 1.28. The van der Waals surface area contributed by atoms with Crippen molar-refractivity contribution in [2.75, 3.05) is 6.61 Å². The number of hydrogen-bond acceptors (Lipinski definition) is 2. The largest absolute Gasteiger partial charge is 0.378 e. The molecule has 0 spiro atoms. The van der Waals surface area contributed by atoms with Crippen molar-refractivity contribution in [2.45, 2.75) is 31.2 Å². The first-order chi connectivity index (χ1) is 6.83. The van der Waals surface area contributed by atoms with Gasteiger partial charge < -0.3 is 4.74 Å². The molecule has 0 amide bonds. The van der Waals surface area contributed by atoms with Crippen LogP contribution in [0.5, 0.6) is 0 Å². The molecule has 0 aromatic carbocycles. The van der Waals surface area contributed by atoms with E-state index < -0.39 is 0 Å². The smallest absolute Gasteiger partial charge is 0.0732 e. The van der Waals surface area contributed by atoms with E-state index in [0.717, 1.165) is 19.4 Å². The first-order valence-electron chi connectivity index (χ1n) is 5.12. The number of halogens is 1. The monoisotopic (exact) mass is 230 g/mol. The number of alkyl halides is 1. The van der Waals surface area contributed by atoms with Crippen molar-refractivity contribution >= 4 is 22.9 Å². The second-order valence-corrected chi connectivity index (χ2v) is 5.14. The van der Waals surface area contributed by atoms with Crippen LogP contribution in [0, 0.1) is 5.92 Å². The zero-order valence-electron chi connectivity index (χ0n) is 8.28. The summed E-state index contributed by atoms with van der Waals surface area (Å²) in [5.41, 5.74) is 0. The van der Waals surface area contributed by atoms with Gasteiger partial charge in [0.15, 0.2) is 0 Å². The molecule has 1 aliphatic heterocycles. The van der Waals surface area contributed by atoms with Crippen LogP contribution in [0.4, 0.5) is 0 Å². The van der Waals surface area contributed by atoms with Gasteiger partial charge in [0.25, 0.3) is 0 Å². The highest BCUT2D eigenvalue weighted by Gasteiger charge is 2.33. The van der Waals surface area contributed by atoms with Crippen molar-refractivity contribution in [1.82, 2.24) is 0 Å². The highest BCUT2D eigenvalue weighted by molar-refractivity contribution is 7.10. The third-order valence-electron chi connectivity index (χ3n) is 2.85. The molecule has 0 radical (unpaired) electrons. The highest BCUT2D eigenvalue weighted by atomic mass is 35.5. The van der Waals surface area contributed by atoms with Gasteiger partial charge in [-0.05, 0) is 24.3 Å². The van der Waals surface area contributed by atoms with Gasteiger partial charge in [-0.25, -0.2) is 0 Å². The molecule has 14 heavy (non-hydrogen) atoms. The van der Waals surface area contributed by atoms with Crippen LogP contribution in [-0.4, -0.2) is 12.7 Å². The Hall–Kier alpha value is -0.0500. The zero-order valence-corrected chi connectivity index (χ0v) is 9.85. The quantitative estimate of drug-likeness (QED) is 0.717. The molecular formula is C11H15ClOS.